The van der Waals surface area contributed by atoms with Crippen LogP contribution in [-0.2, 0) is 9.53 Å². The third kappa shape index (κ3) is 5.63. The molecule has 2 aliphatic rings. The molecule has 24 heavy (non-hydrogen) atoms. The second-order valence-corrected chi connectivity index (χ2v) is 6.60. The van der Waals surface area contributed by atoms with Crippen molar-refractivity contribution in [1.29, 1.82) is 0 Å². The zero-order valence-electron chi connectivity index (χ0n) is 15.1. The molecule has 0 aromatic carbocycles. The van der Waals surface area contributed by atoms with Gasteiger partial charge in [-0.15, -0.1) is 0 Å². The number of carbonyl (C=O) groups excluding carboxylic acids is 2. The number of rotatable bonds is 6. The van der Waals surface area contributed by atoms with Gasteiger partial charge in [-0.1, -0.05) is 20.3 Å². The van der Waals surface area contributed by atoms with Crippen molar-refractivity contribution in [2.45, 2.75) is 39.2 Å². The lowest BCUT2D eigenvalue weighted by molar-refractivity contribution is -0.134. The summed E-state index contributed by atoms with van der Waals surface area (Å²) in [7, 11) is 0. The first-order valence-electron chi connectivity index (χ1n) is 9.27. The summed E-state index contributed by atoms with van der Waals surface area (Å²) < 4.78 is 5.31. The lowest BCUT2D eigenvalue weighted by atomic mass is 10.1. The van der Waals surface area contributed by atoms with E-state index in [1.807, 2.05) is 9.80 Å². The Labute approximate surface area is 145 Å². The molecule has 1 atom stereocenters. The summed E-state index contributed by atoms with van der Waals surface area (Å²) in [5.41, 5.74) is 0. The zero-order chi connectivity index (χ0) is 17.4. The van der Waals surface area contributed by atoms with Crippen LogP contribution in [0.1, 0.15) is 33.1 Å². The third-order valence-corrected chi connectivity index (χ3v) is 4.84. The van der Waals surface area contributed by atoms with Gasteiger partial charge in [0.25, 0.3) is 0 Å². The molecular formula is C17H32N4O3. The molecule has 2 heterocycles. The van der Waals surface area contributed by atoms with Crippen LogP contribution in [0.4, 0.5) is 4.79 Å². The maximum absolute atomic E-state index is 12.4. The molecule has 0 spiro atoms. The highest BCUT2D eigenvalue weighted by Gasteiger charge is 2.26. The number of piperazine rings is 1. The van der Waals surface area contributed by atoms with E-state index in [0.717, 1.165) is 32.4 Å². The van der Waals surface area contributed by atoms with Gasteiger partial charge in [0.1, 0.15) is 0 Å². The van der Waals surface area contributed by atoms with Gasteiger partial charge in [-0.3, -0.25) is 9.69 Å². The predicted molar refractivity (Wildman–Crippen MR) is 92.9 cm³/mol. The third-order valence-electron chi connectivity index (χ3n) is 4.84. The predicted octanol–water partition coefficient (Wildman–Crippen LogP) is 0.751. The topological polar surface area (TPSA) is 65.1 Å². The largest absolute Gasteiger partial charge is 0.379 e. The van der Waals surface area contributed by atoms with Crippen LogP contribution in [0.2, 0.25) is 0 Å². The molecule has 0 aliphatic carbocycles. The van der Waals surface area contributed by atoms with Gasteiger partial charge in [-0.05, 0) is 12.8 Å². The molecule has 2 rings (SSSR count). The van der Waals surface area contributed by atoms with Crippen LogP contribution >= 0.6 is 0 Å². The number of nitrogens with one attached hydrogen (secondary N) is 1. The van der Waals surface area contributed by atoms with E-state index in [9.17, 15) is 9.59 Å². The second kappa shape index (κ2) is 9.84. The average molecular weight is 340 g/mol. The molecule has 0 aromatic rings. The zero-order valence-corrected chi connectivity index (χ0v) is 15.1. The Morgan fingerprint density at radius 2 is 1.62 bits per heavy atom. The summed E-state index contributed by atoms with van der Waals surface area (Å²) in [6.07, 6.45) is 3.04. The Morgan fingerprint density at radius 3 is 2.21 bits per heavy atom. The lowest BCUT2D eigenvalue weighted by Gasteiger charge is -2.36. The normalized spacial score (nSPS) is 20.8. The van der Waals surface area contributed by atoms with Crippen LogP contribution in [0.15, 0.2) is 0 Å². The number of hydrogen-bond acceptors (Lipinski definition) is 4. The van der Waals surface area contributed by atoms with Gasteiger partial charge in [0, 0.05) is 45.3 Å². The van der Waals surface area contributed by atoms with Gasteiger partial charge in [0.15, 0.2) is 0 Å². The van der Waals surface area contributed by atoms with Crippen LogP contribution < -0.4 is 5.32 Å². The van der Waals surface area contributed by atoms with E-state index >= 15 is 0 Å². The average Bonchev–Trinajstić information content (AvgIpc) is 2.62. The molecular weight excluding hydrogens is 308 g/mol. The first-order valence-corrected chi connectivity index (χ1v) is 9.27. The summed E-state index contributed by atoms with van der Waals surface area (Å²) in [5.74, 6) is 0.161. The highest BCUT2D eigenvalue weighted by molar-refractivity contribution is 5.79. The fourth-order valence-corrected chi connectivity index (χ4v) is 3.20. The number of carbonyl (C=O) groups is 2. The number of hydrogen-bond donors (Lipinski definition) is 1. The van der Waals surface area contributed by atoms with Crippen LogP contribution in [0.3, 0.4) is 0 Å². The molecule has 0 radical (unpaired) electrons. The molecule has 7 nitrogen and oxygen atoms in total. The number of ether oxygens (including phenoxy) is 1. The van der Waals surface area contributed by atoms with Crippen molar-refractivity contribution in [3.8, 4) is 0 Å². The molecule has 7 heteroatoms. The van der Waals surface area contributed by atoms with Crippen molar-refractivity contribution in [1.82, 2.24) is 20.0 Å². The smallest absolute Gasteiger partial charge is 0.317 e. The van der Waals surface area contributed by atoms with Gasteiger partial charge in [-0.2, -0.15) is 0 Å². The SMILES string of the molecule is CCCC(CC)NC(=O)N1CCN(C(=O)CN2CCOCC2)CC1. The lowest BCUT2D eigenvalue weighted by Crippen LogP contribution is -2.56. The van der Waals surface area contributed by atoms with Gasteiger partial charge >= 0.3 is 6.03 Å². The standard InChI is InChI=1S/C17H32N4O3/c1-3-5-15(4-2)18-17(23)21-8-6-20(7-9-21)16(22)14-19-10-12-24-13-11-19/h15H,3-14H2,1-2H3,(H,18,23). The van der Waals surface area contributed by atoms with Gasteiger partial charge in [-0.25, -0.2) is 4.79 Å². The number of urea groups is 1. The Kier molecular flexibility index (Phi) is 7.78. The Morgan fingerprint density at radius 1 is 1.00 bits per heavy atom. The van der Waals surface area contributed by atoms with Crippen molar-refractivity contribution in [3.05, 3.63) is 0 Å². The highest BCUT2D eigenvalue weighted by Crippen LogP contribution is 2.07. The van der Waals surface area contributed by atoms with Crippen LogP contribution in [0.5, 0.6) is 0 Å². The van der Waals surface area contributed by atoms with E-state index in [1.165, 1.54) is 0 Å². The minimum atomic E-state index is 0.00979. The first kappa shape index (κ1) is 19.0. The van der Waals surface area contributed by atoms with Crippen molar-refractivity contribution < 1.29 is 14.3 Å². The van der Waals surface area contributed by atoms with E-state index in [-0.39, 0.29) is 18.0 Å². The quantitative estimate of drug-likeness (QED) is 0.775. The van der Waals surface area contributed by atoms with Crippen LogP contribution in [0, 0.1) is 0 Å². The van der Waals surface area contributed by atoms with E-state index in [1.54, 1.807) is 0 Å². The fraction of sp³-hybridized carbons (Fsp3) is 0.882. The van der Waals surface area contributed by atoms with Crippen molar-refractivity contribution in [3.63, 3.8) is 0 Å². The van der Waals surface area contributed by atoms with E-state index < -0.39 is 0 Å². The first-order chi connectivity index (χ1) is 11.6. The maximum atomic E-state index is 12.4. The maximum Gasteiger partial charge on any atom is 0.317 e. The van der Waals surface area contributed by atoms with E-state index in [2.05, 4.69) is 24.1 Å². The Bertz CT molecular complexity index is 378. The molecule has 2 aliphatic heterocycles. The fourth-order valence-electron chi connectivity index (χ4n) is 3.20. The number of amides is 3. The van der Waals surface area contributed by atoms with Crippen molar-refractivity contribution in [2.75, 3.05) is 59.0 Å². The van der Waals surface area contributed by atoms with E-state index in [4.69, 9.17) is 4.74 Å². The van der Waals surface area contributed by atoms with Crippen LogP contribution in [0.25, 0.3) is 0 Å². The number of nitrogens with zero attached hydrogens (tertiary/aromatic N) is 3. The van der Waals surface area contributed by atoms with E-state index in [0.29, 0.717) is 45.9 Å². The monoisotopic (exact) mass is 340 g/mol. The Hall–Kier alpha value is -1.34. The molecule has 0 bridgehead atoms. The summed E-state index contributed by atoms with van der Waals surface area (Å²) in [4.78, 5) is 30.5. The summed E-state index contributed by atoms with van der Waals surface area (Å²) in [5, 5.41) is 3.11. The molecule has 1 N–H and O–H groups in total. The Balaban J connectivity index is 1.71. The molecule has 0 saturated carbocycles. The molecule has 2 fully saturated rings. The second-order valence-electron chi connectivity index (χ2n) is 6.60. The van der Waals surface area contributed by atoms with Crippen molar-refractivity contribution >= 4 is 11.9 Å². The minimum absolute atomic E-state index is 0.00979. The van der Waals surface area contributed by atoms with Gasteiger partial charge in [0.05, 0.1) is 19.8 Å². The minimum Gasteiger partial charge on any atom is -0.379 e. The van der Waals surface area contributed by atoms with Crippen LogP contribution in [-0.4, -0.2) is 91.7 Å². The number of morpholine rings is 1. The molecule has 0 aromatic heterocycles. The van der Waals surface area contributed by atoms with Crippen molar-refractivity contribution in [2.24, 2.45) is 0 Å². The van der Waals surface area contributed by atoms with Gasteiger partial charge < -0.3 is 19.9 Å². The summed E-state index contributed by atoms with van der Waals surface area (Å²) in [6.45, 7) is 10.2. The highest BCUT2D eigenvalue weighted by atomic mass is 16.5. The van der Waals surface area contributed by atoms with Gasteiger partial charge in [0.2, 0.25) is 5.91 Å². The summed E-state index contributed by atoms with van der Waals surface area (Å²) in [6, 6.07) is 0.263. The summed E-state index contributed by atoms with van der Waals surface area (Å²) >= 11 is 0. The molecule has 3 amide bonds. The molecule has 1 unspecified atom stereocenters. The molecule has 138 valence electrons. The molecule has 2 saturated heterocycles.